The number of aromatic nitrogens is 1. The Morgan fingerprint density at radius 2 is 1.14 bits per heavy atom. The van der Waals surface area contributed by atoms with Crippen LogP contribution in [0.1, 0.15) is 0 Å². The van der Waals surface area contributed by atoms with E-state index in [1.807, 2.05) is 30.3 Å². The molecule has 0 radical (unpaired) electrons. The molecule has 0 saturated carbocycles. The van der Waals surface area contributed by atoms with Crippen molar-refractivity contribution in [1.29, 1.82) is 0 Å². The van der Waals surface area contributed by atoms with E-state index in [9.17, 15) is 8.42 Å². The zero-order chi connectivity index (χ0) is 24.9. The molecule has 6 aromatic carbocycles. The van der Waals surface area contributed by atoms with Crippen LogP contribution in [0.2, 0.25) is 0 Å². The third-order valence-electron chi connectivity index (χ3n) is 7.94. The minimum Gasteiger partial charge on any atom is -0.343 e. The van der Waals surface area contributed by atoms with Gasteiger partial charge in [-0.1, -0.05) is 84.9 Å². The number of sulfone groups is 1. The van der Waals surface area contributed by atoms with Crippen LogP contribution in [0.4, 0.5) is 0 Å². The van der Waals surface area contributed by atoms with Gasteiger partial charge >= 0.3 is 0 Å². The van der Waals surface area contributed by atoms with Crippen molar-refractivity contribution in [2.45, 2.75) is 9.79 Å². The quantitative estimate of drug-likeness (QED) is 0.216. The molecular formula is C33H21NO2S. The first-order valence-electron chi connectivity index (χ1n) is 12.3. The predicted molar refractivity (Wildman–Crippen MR) is 152 cm³/mol. The maximum atomic E-state index is 13.3. The van der Waals surface area contributed by atoms with Crippen molar-refractivity contribution >= 4 is 53.2 Å². The Balaban J connectivity index is 1.43. The monoisotopic (exact) mass is 495 g/mol. The maximum absolute atomic E-state index is 13.3. The molecule has 4 heteroatoms. The van der Waals surface area contributed by atoms with Crippen molar-refractivity contribution in [3.05, 3.63) is 109 Å². The third kappa shape index (κ3) is 2.63. The molecule has 0 N–H and O–H groups in total. The second-order valence-corrected chi connectivity index (χ2v) is 11.7. The molecule has 8 rings (SSSR count). The normalized spacial score (nSPS) is 14.0. The van der Waals surface area contributed by atoms with Crippen molar-refractivity contribution in [1.82, 2.24) is 4.57 Å². The number of benzene rings is 6. The molecule has 1 aliphatic rings. The van der Waals surface area contributed by atoms with Crippen molar-refractivity contribution < 1.29 is 8.42 Å². The lowest BCUT2D eigenvalue weighted by Crippen LogP contribution is -1.96. The molecule has 1 aromatic heterocycles. The van der Waals surface area contributed by atoms with Gasteiger partial charge in [0.05, 0.1) is 15.3 Å². The summed E-state index contributed by atoms with van der Waals surface area (Å²) in [4.78, 5) is 0.783. The summed E-state index contributed by atoms with van der Waals surface area (Å²) < 4.78 is 28.9. The van der Waals surface area contributed by atoms with Gasteiger partial charge in [-0.05, 0) is 51.6 Å². The minimum absolute atomic E-state index is 0.390. The predicted octanol–water partition coefficient (Wildman–Crippen LogP) is 8.12. The van der Waals surface area contributed by atoms with E-state index >= 15 is 0 Å². The molecule has 2 heterocycles. The summed E-state index contributed by atoms with van der Waals surface area (Å²) in [7, 11) is -1.40. The Kier molecular flexibility index (Phi) is 3.97. The van der Waals surface area contributed by atoms with E-state index in [1.165, 1.54) is 37.8 Å². The van der Waals surface area contributed by atoms with Crippen LogP contribution in [0.5, 0.6) is 0 Å². The zero-order valence-electron chi connectivity index (χ0n) is 20.1. The van der Waals surface area contributed by atoms with Crippen LogP contribution in [0, 0.1) is 0 Å². The van der Waals surface area contributed by atoms with Crippen molar-refractivity contribution in [3.8, 4) is 22.3 Å². The summed E-state index contributed by atoms with van der Waals surface area (Å²) in [5.74, 6) is 0. The number of nitrogens with zero attached hydrogens (tertiary/aromatic N) is 1. The standard InChI is InChI=1S/C33H21NO2S/c1-34-29-17-15-20(21-14-16-25-24-10-6-7-13-30(24)37(35,36)31(25)19-21)18-28(29)32-26-11-4-2-8-22(26)23-9-3-5-12-27(23)33(32)34/h2-19H,1H3. The first-order valence-corrected chi connectivity index (χ1v) is 13.8. The van der Waals surface area contributed by atoms with Gasteiger partial charge in [-0.15, -0.1) is 0 Å². The average molecular weight is 496 g/mol. The Bertz CT molecular complexity index is 2220. The third-order valence-corrected chi connectivity index (χ3v) is 9.79. The number of aryl methyl sites for hydroxylation is 1. The molecule has 0 amide bonds. The molecule has 176 valence electrons. The zero-order valence-corrected chi connectivity index (χ0v) is 20.9. The number of hydrogen-bond donors (Lipinski definition) is 0. The first kappa shape index (κ1) is 20.7. The van der Waals surface area contributed by atoms with E-state index in [0.29, 0.717) is 9.79 Å². The van der Waals surface area contributed by atoms with Gasteiger partial charge in [0.2, 0.25) is 9.84 Å². The van der Waals surface area contributed by atoms with Crippen molar-refractivity contribution in [2.75, 3.05) is 0 Å². The largest absolute Gasteiger partial charge is 0.343 e. The Hall–Kier alpha value is -4.41. The highest BCUT2D eigenvalue weighted by atomic mass is 32.2. The number of fused-ring (bicyclic) bond motifs is 11. The van der Waals surface area contributed by atoms with Gasteiger partial charge in [0.1, 0.15) is 0 Å². The van der Waals surface area contributed by atoms with Crippen LogP contribution in [0.3, 0.4) is 0 Å². The van der Waals surface area contributed by atoms with E-state index in [4.69, 9.17) is 0 Å². The summed E-state index contributed by atoms with van der Waals surface area (Å²) in [6, 6.07) is 36.7. The maximum Gasteiger partial charge on any atom is 0.207 e. The topological polar surface area (TPSA) is 39.1 Å². The van der Waals surface area contributed by atoms with E-state index in [2.05, 4.69) is 78.3 Å². The molecule has 7 aromatic rings. The van der Waals surface area contributed by atoms with Crippen molar-refractivity contribution in [3.63, 3.8) is 0 Å². The lowest BCUT2D eigenvalue weighted by molar-refractivity contribution is 0.598. The van der Waals surface area contributed by atoms with Crippen LogP contribution < -0.4 is 0 Å². The van der Waals surface area contributed by atoms with Crippen LogP contribution >= 0.6 is 0 Å². The molecule has 3 nitrogen and oxygen atoms in total. The van der Waals surface area contributed by atoms with Crippen LogP contribution in [-0.2, 0) is 16.9 Å². The lowest BCUT2D eigenvalue weighted by atomic mass is 9.95. The summed E-state index contributed by atoms with van der Waals surface area (Å²) in [6.07, 6.45) is 0. The van der Waals surface area contributed by atoms with Gasteiger partial charge in [-0.3, -0.25) is 0 Å². The molecule has 0 atom stereocenters. The van der Waals surface area contributed by atoms with Crippen LogP contribution in [0.15, 0.2) is 119 Å². The molecule has 0 saturated heterocycles. The molecule has 37 heavy (non-hydrogen) atoms. The lowest BCUT2D eigenvalue weighted by Gasteiger charge is -2.08. The second kappa shape index (κ2) is 7.09. The molecule has 0 fully saturated rings. The van der Waals surface area contributed by atoms with Gasteiger partial charge in [-0.25, -0.2) is 8.42 Å². The van der Waals surface area contributed by atoms with E-state index in [0.717, 1.165) is 27.8 Å². The summed E-state index contributed by atoms with van der Waals surface area (Å²) >= 11 is 0. The van der Waals surface area contributed by atoms with Crippen LogP contribution in [0.25, 0.3) is 65.6 Å². The molecule has 0 bridgehead atoms. The van der Waals surface area contributed by atoms with Gasteiger partial charge in [0, 0.05) is 39.8 Å². The second-order valence-electron chi connectivity index (χ2n) is 9.82. The van der Waals surface area contributed by atoms with Gasteiger partial charge in [0.25, 0.3) is 0 Å². The smallest absolute Gasteiger partial charge is 0.207 e. The Morgan fingerprint density at radius 1 is 0.541 bits per heavy atom. The van der Waals surface area contributed by atoms with E-state index < -0.39 is 9.84 Å². The fourth-order valence-electron chi connectivity index (χ4n) is 6.26. The highest BCUT2D eigenvalue weighted by molar-refractivity contribution is 7.92. The first-order chi connectivity index (χ1) is 18.0. The minimum atomic E-state index is -3.53. The van der Waals surface area contributed by atoms with Gasteiger partial charge in [0.15, 0.2) is 0 Å². The molecular weight excluding hydrogens is 474 g/mol. The van der Waals surface area contributed by atoms with E-state index in [-0.39, 0.29) is 0 Å². The Morgan fingerprint density at radius 3 is 1.95 bits per heavy atom. The fraction of sp³-hybridized carbons (Fsp3) is 0.0303. The average Bonchev–Trinajstić information content (AvgIpc) is 3.37. The molecule has 0 unspecified atom stereocenters. The highest BCUT2D eigenvalue weighted by Crippen LogP contribution is 2.45. The number of rotatable bonds is 1. The SMILES string of the molecule is Cn1c2ccc(-c3ccc4c(c3)S(=O)(=O)c3ccccc3-4)cc2c2c3ccccc3c3ccccc3c21. The van der Waals surface area contributed by atoms with Gasteiger partial charge in [-0.2, -0.15) is 0 Å². The summed E-state index contributed by atoms with van der Waals surface area (Å²) in [6.45, 7) is 0. The van der Waals surface area contributed by atoms with E-state index in [1.54, 1.807) is 12.1 Å². The van der Waals surface area contributed by atoms with Crippen LogP contribution in [-0.4, -0.2) is 13.0 Å². The number of hydrogen-bond acceptors (Lipinski definition) is 2. The van der Waals surface area contributed by atoms with Crippen molar-refractivity contribution in [2.24, 2.45) is 7.05 Å². The Labute approximate surface area is 214 Å². The molecule has 0 spiro atoms. The molecule has 1 aliphatic heterocycles. The van der Waals surface area contributed by atoms with Gasteiger partial charge < -0.3 is 4.57 Å². The summed E-state index contributed by atoms with van der Waals surface area (Å²) in [5, 5.41) is 7.35. The fourth-order valence-corrected chi connectivity index (χ4v) is 7.97. The highest BCUT2D eigenvalue weighted by Gasteiger charge is 2.32. The summed E-state index contributed by atoms with van der Waals surface area (Å²) in [5.41, 5.74) is 5.84. The molecule has 0 aliphatic carbocycles.